The number of esters is 1. The number of allylic oxidation sites excluding steroid dienone is 3. The first-order chi connectivity index (χ1) is 17.3. The van der Waals surface area contributed by atoms with Crippen LogP contribution in [-0.2, 0) is 9.53 Å². The number of nitro benzene ring substituents is 1. The van der Waals surface area contributed by atoms with Crippen molar-refractivity contribution in [2.24, 2.45) is 11.7 Å². The van der Waals surface area contributed by atoms with E-state index in [-0.39, 0.29) is 23.8 Å². The zero-order chi connectivity index (χ0) is 26.2. The van der Waals surface area contributed by atoms with Crippen molar-refractivity contribution in [1.29, 1.82) is 0 Å². The summed E-state index contributed by atoms with van der Waals surface area (Å²) in [6, 6.07) is 5.87. The van der Waals surface area contributed by atoms with Crippen molar-refractivity contribution in [1.82, 2.24) is 4.90 Å². The predicted octanol–water partition coefficient (Wildman–Crippen LogP) is 6.71. The van der Waals surface area contributed by atoms with Gasteiger partial charge in [-0.2, -0.15) is 0 Å². The third-order valence-corrected chi connectivity index (χ3v) is 7.49. The smallest absolute Gasteiger partial charge is 0.336 e. The lowest BCUT2D eigenvalue weighted by atomic mass is 9.73. The molecule has 1 atom stereocenters. The normalized spacial score (nSPS) is 18.6. The minimum atomic E-state index is -0.678. The van der Waals surface area contributed by atoms with Crippen LogP contribution in [0.4, 0.5) is 10.5 Å². The largest absolute Gasteiger partial charge is 0.462 e. The number of hydrogen-bond acceptors (Lipinski definition) is 5. The Bertz CT molecular complexity index is 1040. The molecular formula is C28H39N3O5. The van der Waals surface area contributed by atoms with Crippen LogP contribution in [0.3, 0.4) is 0 Å². The molecule has 8 nitrogen and oxygen atoms in total. The summed E-state index contributed by atoms with van der Waals surface area (Å²) in [5, 5.41) is 12.0. The Morgan fingerprint density at radius 2 is 1.69 bits per heavy atom. The monoisotopic (exact) mass is 497 g/mol. The first-order valence-electron chi connectivity index (χ1n) is 13.2. The van der Waals surface area contributed by atoms with E-state index in [9.17, 15) is 19.7 Å². The summed E-state index contributed by atoms with van der Waals surface area (Å²) in [4.78, 5) is 39.1. The van der Waals surface area contributed by atoms with Crippen LogP contribution in [-0.4, -0.2) is 28.4 Å². The molecular weight excluding hydrogens is 458 g/mol. The molecule has 1 heterocycles. The van der Waals surface area contributed by atoms with Gasteiger partial charge in [0, 0.05) is 28.9 Å². The standard InChI is InChI=1S/C28H39N3O5/c1-4-5-6-7-8-13-18-36-27(32)25-20(3)30(28(29)33)19(2)24(21-14-9-10-15-21)26(25)22-16-11-12-17-23(22)31(34)35/h11-12,16-17,21,26H,4-10,13-15,18H2,1-3H3,(H2,29,33). The minimum Gasteiger partial charge on any atom is -0.462 e. The lowest BCUT2D eigenvalue weighted by Gasteiger charge is -2.38. The summed E-state index contributed by atoms with van der Waals surface area (Å²) in [6.45, 7) is 5.93. The van der Waals surface area contributed by atoms with Crippen molar-refractivity contribution in [3.05, 3.63) is 62.5 Å². The van der Waals surface area contributed by atoms with Gasteiger partial charge in [0.25, 0.3) is 5.69 Å². The fourth-order valence-electron chi connectivity index (χ4n) is 5.78. The summed E-state index contributed by atoms with van der Waals surface area (Å²) in [5.74, 6) is -1.10. The number of carbonyl (C=O) groups is 2. The highest BCUT2D eigenvalue weighted by Gasteiger charge is 2.43. The van der Waals surface area contributed by atoms with Gasteiger partial charge in [-0.15, -0.1) is 0 Å². The highest BCUT2D eigenvalue weighted by atomic mass is 16.6. The van der Waals surface area contributed by atoms with Gasteiger partial charge in [-0.25, -0.2) is 9.59 Å². The number of rotatable bonds is 11. The molecule has 1 fully saturated rings. The predicted molar refractivity (Wildman–Crippen MR) is 139 cm³/mol. The number of unbranched alkanes of at least 4 members (excludes halogenated alkanes) is 5. The molecule has 1 aliphatic carbocycles. The van der Waals surface area contributed by atoms with Gasteiger partial charge in [-0.05, 0) is 44.6 Å². The average Bonchev–Trinajstić information content (AvgIpc) is 3.37. The topological polar surface area (TPSA) is 116 Å². The molecule has 1 aromatic rings. The minimum absolute atomic E-state index is 0.0488. The highest BCUT2D eigenvalue weighted by Crippen LogP contribution is 2.50. The van der Waals surface area contributed by atoms with Crippen LogP contribution in [0.1, 0.15) is 96.5 Å². The number of amides is 2. The number of ether oxygens (including phenoxy) is 1. The molecule has 1 aromatic carbocycles. The van der Waals surface area contributed by atoms with E-state index in [1.165, 1.54) is 23.8 Å². The van der Waals surface area contributed by atoms with Crippen LogP contribution in [0.25, 0.3) is 0 Å². The Morgan fingerprint density at radius 3 is 2.33 bits per heavy atom. The van der Waals surface area contributed by atoms with Crippen LogP contribution in [0, 0.1) is 16.0 Å². The molecule has 1 saturated carbocycles. The number of nitrogens with zero attached hydrogens (tertiary/aromatic N) is 2. The summed E-state index contributed by atoms with van der Waals surface area (Å²) in [6.07, 6.45) is 10.2. The van der Waals surface area contributed by atoms with Crippen molar-refractivity contribution in [3.8, 4) is 0 Å². The van der Waals surface area contributed by atoms with E-state index < -0.39 is 22.8 Å². The Labute approximate surface area is 213 Å². The molecule has 3 rings (SSSR count). The highest BCUT2D eigenvalue weighted by molar-refractivity contribution is 5.94. The van der Waals surface area contributed by atoms with Gasteiger partial charge in [0.2, 0.25) is 0 Å². The number of nitrogens with two attached hydrogens (primary N) is 1. The van der Waals surface area contributed by atoms with Gasteiger partial charge in [-0.3, -0.25) is 15.0 Å². The van der Waals surface area contributed by atoms with Crippen molar-refractivity contribution < 1.29 is 19.2 Å². The summed E-state index contributed by atoms with van der Waals surface area (Å²) < 4.78 is 5.72. The Morgan fingerprint density at radius 1 is 1.06 bits per heavy atom. The van der Waals surface area contributed by atoms with Gasteiger partial charge < -0.3 is 10.5 Å². The van der Waals surface area contributed by atoms with Gasteiger partial charge in [0.1, 0.15) is 0 Å². The molecule has 0 aromatic heterocycles. The van der Waals surface area contributed by atoms with Crippen LogP contribution in [0.15, 0.2) is 46.8 Å². The second kappa shape index (κ2) is 12.7. The second-order valence-electron chi connectivity index (χ2n) is 9.85. The van der Waals surface area contributed by atoms with Crippen LogP contribution in [0.5, 0.6) is 0 Å². The molecule has 2 aliphatic rings. The summed E-state index contributed by atoms with van der Waals surface area (Å²) >= 11 is 0. The number of benzene rings is 1. The zero-order valence-corrected chi connectivity index (χ0v) is 21.8. The quantitative estimate of drug-likeness (QED) is 0.158. The molecule has 36 heavy (non-hydrogen) atoms. The van der Waals surface area contributed by atoms with Gasteiger partial charge in [-0.1, -0.05) is 70.1 Å². The lowest BCUT2D eigenvalue weighted by molar-refractivity contribution is -0.385. The van der Waals surface area contributed by atoms with E-state index in [2.05, 4.69) is 6.92 Å². The van der Waals surface area contributed by atoms with Crippen LogP contribution in [0.2, 0.25) is 0 Å². The SMILES string of the molecule is CCCCCCCCOC(=O)C1=C(C)N(C(N)=O)C(C)=C(C2CCCC2)C1c1ccccc1[N+](=O)[O-]. The Balaban J connectivity index is 2.03. The molecule has 0 bridgehead atoms. The molecule has 0 spiro atoms. The van der Waals surface area contributed by atoms with Gasteiger partial charge in [0.05, 0.1) is 17.1 Å². The van der Waals surface area contributed by atoms with Crippen LogP contribution >= 0.6 is 0 Å². The molecule has 196 valence electrons. The third-order valence-electron chi connectivity index (χ3n) is 7.49. The first kappa shape index (κ1) is 27.4. The molecule has 0 saturated heterocycles. The molecule has 1 aliphatic heterocycles. The molecule has 8 heteroatoms. The summed E-state index contributed by atoms with van der Waals surface area (Å²) in [5.41, 5.74) is 8.32. The number of carbonyl (C=O) groups excluding carboxylic acids is 2. The Hall–Kier alpha value is -3.16. The fourth-order valence-corrected chi connectivity index (χ4v) is 5.78. The third kappa shape index (κ3) is 5.97. The van der Waals surface area contributed by atoms with Gasteiger partial charge in [0.15, 0.2) is 0 Å². The van der Waals surface area contributed by atoms with Crippen molar-refractivity contribution in [3.63, 3.8) is 0 Å². The first-order valence-corrected chi connectivity index (χ1v) is 13.2. The molecule has 0 radical (unpaired) electrons. The van der Waals surface area contributed by atoms with E-state index in [1.807, 2.05) is 6.92 Å². The number of para-hydroxylation sites is 1. The Kier molecular flexibility index (Phi) is 9.67. The fraction of sp³-hybridized carbons (Fsp3) is 0.571. The van der Waals surface area contributed by atoms with E-state index in [1.54, 1.807) is 25.1 Å². The molecule has 1 unspecified atom stereocenters. The number of urea groups is 1. The number of nitro groups is 1. The number of primary amides is 1. The average molecular weight is 498 g/mol. The van der Waals surface area contributed by atoms with E-state index in [0.717, 1.165) is 56.9 Å². The lowest BCUT2D eigenvalue weighted by Crippen LogP contribution is -2.40. The maximum Gasteiger partial charge on any atom is 0.336 e. The zero-order valence-electron chi connectivity index (χ0n) is 21.8. The maximum atomic E-state index is 13.6. The van der Waals surface area contributed by atoms with Crippen molar-refractivity contribution in [2.75, 3.05) is 6.61 Å². The molecule has 2 N–H and O–H groups in total. The van der Waals surface area contributed by atoms with E-state index >= 15 is 0 Å². The van der Waals surface area contributed by atoms with Crippen LogP contribution < -0.4 is 5.73 Å². The number of hydrogen-bond donors (Lipinski definition) is 1. The molecule has 2 amide bonds. The van der Waals surface area contributed by atoms with E-state index in [4.69, 9.17) is 10.5 Å². The van der Waals surface area contributed by atoms with E-state index in [0.29, 0.717) is 17.0 Å². The van der Waals surface area contributed by atoms with Crippen molar-refractivity contribution >= 4 is 17.7 Å². The van der Waals surface area contributed by atoms with Gasteiger partial charge >= 0.3 is 12.0 Å². The van der Waals surface area contributed by atoms with Crippen molar-refractivity contribution in [2.45, 2.75) is 90.9 Å². The second-order valence-corrected chi connectivity index (χ2v) is 9.85. The summed E-state index contributed by atoms with van der Waals surface area (Å²) in [7, 11) is 0. The maximum absolute atomic E-state index is 13.6.